The second-order valence-corrected chi connectivity index (χ2v) is 6.01. The fourth-order valence-corrected chi connectivity index (χ4v) is 2.05. The fourth-order valence-electron chi connectivity index (χ4n) is 2.05. The van der Waals surface area contributed by atoms with Gasteiger partial charge in [0.05, 0.1) is 5.56 Å². The van der Waals surface area contributed by atoms with Crippen molar-refractivity contribution < 1.29 is 18.0 Å². The third-order valence-corrected chi connectivity index (χ3v) is 2.85. The molecule has 0 saturated carbocycles. The minimum Gasteiger partial charge on any atom is -0.435 e. The van der Waals surface area contributed by atoms with E-state index < -0.39 is 6.61 Å². The summed E-state index contributed by atoms with van der Waals surface area (Å²) in [5, 5.41) is 3.80. The molecule has 21 heavy (non-hydrogen) atoms. The Balaban J connectivity index is 2.31. The van der Waals surface area contributed by atoms with Gasteiger partial charge in [0.15, 0.2) is 5.82 Å². The first-order valence-corrected chi connectivity index (χ1v) is 6.55. The maximum Gasteiger partial charge on any atom is 0.387 e. The molecule has 0 aliphatic rings. The summed E-state index contributed by atoms with van der Waals surface area (Å²) in [6.07, 6.45) is 0.668. The molecule has 114 valence electrons. The Morgan fingerprint density at radius 1 is 1.24 bits per heavy atom. The molecule has 0 atom stereocenters. The van der Waals surface area contributed by atoms with Crippen LogP contribution in [0.1, 0.15) is 26.5 Å². The van der Waals surface area contributed by atoms with Gasteiger partial charge in [0.25, 0.3) is 0 Å². The topological polar surface area (TPSA) is 61.3 Å². The van der Waals surface area contributed by atoms with Crippen molar-refractivity contribution in [1.82, 2.24) is 5.16 Å². The van der Waals surface area contributed by atoms with Gasteiger partial charge in [0, 0.05) is 6.42 Å². The molecule has 1 aromatic heterocycles. The molecule has 1 heterocycles. The zero-order valence-corrected chi connectivity index (χ0v) is 12.2. The van der Waals surface area contributed by atoms with E-state index in [1.54, 1.807) is 12.1 Å². The molecular weight excluding hydrogens is 278 g/mol. The molecule has 0 amide bonds. The van der Waals surface area contributed by atoms with E-state index in [1.165, 1.54) is 12.1 Å². The zero-order chi connectivity index (χ0) is 15.6. The monoisotopic (exact) mass is 296 g/mol. The number of rotatable bonds is 4. The molecule has 0 unspecified atom stereocenters. The average Bonchev–Trinajstić information content (AvgIpc) is 2.69. The van der Waals surface area contributed by atoms with Crippen molar-refractivity contribution >= 4 is 5.82 Å². The van der Waals surface area contributed by atoms with Gasteiger partial charge in [-0.15, -0.1) is 0 Å². The molecule has 0 bridgehead atoms. The van der Waals surface area contributed by atoms with Crippen molar-refractivity contribution in [2.45, 2.75) is 33.8 Å². The Bertz CT molecular complexity index is 601. The van der Waals surface area contributed by atoms with Crippen LogP contribution in [0.2, 0.25) is 0 Å². The number of hydrogen-bond acceptors (Lipinski definition) is 4. The predicted molar refractivity (Wildman–Crippen MR) is 76.1 cm³/mol. The minimum absolute atomic E-state index is 0.0133. The molecule has 0 fully saturated rings. The number of ether oxygens (including phenoxy) is 1. The van der Waals surface area contributed by atoms with Gasteiger partial charge in [-0.2, -0.15) is 8.78 Å². The maximum atomic E-state index is 12.1. The van der Waals surface area contributed by atoms with E-state index in [0.29, 0.717) is 17.7 Å². The number of nitrogens with zero attached hydrogens (tertiary/aromatic N) is 1. The second kappa shape index (κ2) is 5.71. The van der Waals surface area contributed by atoms with Crippen LogP contribution >= 0.6 is 0 Å². The van der Waals surface area contributed by atoms with E-state index >= 15 is 0 Å². The lowest BCUT2D eigenvalue weighted by molar-refractivity contribution is -0.0498. The lowest BCUT2D eigenvalue weighted by Gasteiger charge is -2.16. The summed E-state index contributed by atoms with van der Waals surface area (Å²) in [6.45, 7) is 3.40. The molecule has 0 aliphatic heterocycles. The molecule has 2 aromatic rings. The highest BCUT2D eigenvalue weighted by atomic mass is 19.3. The molecule has 2 N–H and O–H groups in total. The molecule has 1 aromatic carbocycles. The third-order valence-electron chi connectivity index (χ3n) is 2.85. The summed E-state index contributed by atoms with van der Waals surface area (Å²) >= 11 is 0. The molecule has 0 saturated heterocycles. The van der Waals surface area contributed by atoms with Gasteiger partial charge in [-0.25, -0.2) is 0 Å². The first kappa shape index (κ1) is 15.3. The Morgan fingerprint density at radius 2 is 1.86 bits per heavy atom. The molecule has 4 nitrogen and oxygen atoms in total. The Morgan fingerprint density at radius 3 is 2.38 bits per heavy atom. The molecular formula is C15H18F2N2O2. The largest absolute Gasteiger partial charge is 0.435 e. The second-order valence-electron chi connectivity index (χ2n) is 6.01. The van der Waals surface area contributed by atoms with Crippen LogP contribution < -0.4 is 10.5 Å². The maximum absolute atomic E-state index is 12.1. The van der Waals surface area contributed by atoms with Crippen LogP contribution in [0, 0.1) is 5.41 Å². The summed E-state index contributed by atoms with van der Waals surface area (Å²) in [4.78, 5) is 0. The van der Waals surface area contributed by atoms with Crippen molar-refractivity contribution in [3.8, 4) is 16.9 Å². The fraction of sp³-hybridized carbons (Fsp3) is 0.400. The SMILES string of the molecule is CC(C)(C)Cc1onc(N)c1-c1ccc(OC(F)F)cc1. The van der Waals surface area contributed by atoms with Gasteiger partial charge in [0.2, 0.25) is 0 Å². The van der Waals surface area contributed by atoms with E-state index in [-0.39, 0.29) is 17.0 Å². The summed E-state index contributed by atoms with van der Waals surface area (Å²) in [5.41, 5.74) is 7.33. The van der Waals surface area contributed by atoms with Crippen LogP contribution in [0.25, 0.3) is 11.1 Å². The number of benzene rings is 1. The van der Waals surface area contributed by atoms with Crippen molar-refractivity contribution in [3.05, 3.63) is 30.0 Å². The summed E-state index contributed by atoms with van der Waals surface area (Å²) in [6, 6.07) is 6.25. The number of halogens is 2. The highest BCUT2D eigenvalue weighted by molar-refractivity contribution is 5.75. The van der Waals surface area contributed by atoms with E-state index in [2.05, 4.69) is 30.7 Å². The Kier molecular flexibility index (Phi) is 4.16. The molecule has 2 rings (SSSR count). The predicted octanol–water partition coefficient (Wildman–Crippen LogP) is 4.11. The Labute approximate surface area is 121 Å². The normalized spacial score (nSPS) is 11.9. The zero-order valence-electron chi connectivity index (χ0n) is 12.2. The van der Waals surface area contributed by atoms with Crippen LogP contribution in [0.5, 0.6) is 5.75 Å². The lowest BCUT2D eigenvalue weighted by atomic mass is 9.88. The van der Waals surface area contributed by atoms with Gasteiger partial charge < -0.3 is 15.0 Å². The lowest BCUT2D eigenvalue weighted by Crippen LogP contribution is -2.09. The third kappa shape index (κ3) is 3.93. The first-order chi connectivity index (χ1) is 9.76. The van der Waals surface area contributed by atoms with Crippen LogP contribution in [-0.2, 0) is 6.42 Å². The van der Waals surface area contributed by atoms with E-state index in [1.807, 2.05) is 0 Å². The number of anilines is 1. The van der Waals surface area contributed by atoms with Crippen LogP contribution in [0.4, 0.5) is 14.6 Å². The van der Waals surface area contributed by atoms with Crippen molar-refractivity contribution in [2.24, 2.45) is 5.41 Å². The summed E-state index contributed by atoms with van der Waals surface area (Å²) in [5.74, 6) is 1.07. The summed E-state index contributed by atoms with van der Waals surface area (Å²) < 4.78 is 33.9. The van der Waals surface area contributed by atoms with Gasteiger partial charge in [-0.1, -0.05) is 38.1 Å². The highest BCUT2D eigenvalue weighted by Gasteiger charge is 2.21. The number of nitrogens with two attached hydrogens (primary N) is 1. The van der Waals surface area contributed by atoms with Crippen LogP contribution in [0.3, 0.4) is 0 Å². The quantitative estimate of drug-likeness (QED) is 0.922. The smallest absolute Gasteiger partial charge is 0.387 e. The van der Waals surface area contributed by atoms with Gasteiger partial charge in [0.1, 0.15) is 11.5 Å². The first-order valence-electron chi connectivity index (χ1n) is 6.55. The number of hydrogen-bond donors (Lipinski definition) is 1. The number of alkyl halides is 2. The van der Waals surface area contributed by atoms with Gasteiger partial charge in [-0.3, -0.25) is 0 Å². The molecule has 0 aliphatic carbocycles. The highest BCUT2D eigenvalue weighted by Crippen LogP contribution is 2.34. The van der Waals surface area contributed by atoms with Crippen LogP contribution in [0.15, 0.2) is 28.8 Å². The standard InChI is InChI=1S/C15H18F2N2O2/c1-15(2,3)8-11-12(13(18)19-21-11)9-4-6-10(7-5-9)20-14(16)17/h4-7,14H,8H2,1-3H3,(H2,18,19). The van der Waals surface area contributed by atoms with Gasteiger partial charge >= 0.3 is 6.61 Å². The summed E-state index contributed by atoms with van der Waals surface area (Å²) in [7, 11) is 0. The Hall–Kier alpha value is -2.11. The minimum atomic E-state index is -2.84. The van der Waals surface area contributed by atoms with Gasteiger partial charge in [-0.05, 0) is 23.1 Å². The van der Waals surface area contributed by atoms with E-state index in [9.17, 15) is 8.78 Å². The van der Waals surface area contributed by atoms with Crippen LogP contribution in [-0.4, -0.2) is 11.8 Å². The molecule has 0 spiro atoms. The average molecular weight is 296 g/mol. The van der Waals surface area contributed by atoms with Crippen molar-refractivity contribution in [1.29, 1.82) is 0 Å². The van der Waals surface area contributed by atoms with Crippen molar-refractivity contribution in [2.75, 3.05) is 5.73 Å². The molecule has 0 radical (unpaired) electrons. The van der Waals surface area contributed by atoms with Crippen molar-refractivity contribution in [3.63, 3.8) is 0 Å². The van der Waals surface area contributed by atoms with E-state index in [0.717, 1.165) is 5.56 Å². The van der Waals surface area contributed by atoms with E-state index in [4.69, 9.17) is 10.3 Å². The number of nitrogen functional groups attached to an aromatic ring is 1. The molecule has 6 heteroatoms. The number of aromatic nitrogens is 1.